The van der Waals surface area contributed by atoms with Crippen LogP contribution in [0, 0.1) is 6.92 Å². The summed E-state index contributed by atoms with van der Waals surface area (Å²) < 4.78 is 1.60. The Morgan fingerprint density at radius 3 is 2.28 bits per heavy atom. The first kappa shape index (κ1) is 20.2. The second kappa shape index (κ2) is 8.08. The lowest BCUT2D eigenvalue weighted by Crippen LogP contribution is -2.49. The highest BCUT2D eigenvalue weighted by Gasteiger charge is 2.39. The Balaban J connectivity index is 1.68. The molecule has 1 aliphatic rings. The number of hydrogen-bond donors (Lipinski definition) is 0. The van der Waals surface area contributed by atoms with E-state index in [0.29, 0.717) is 29.7 Å². The third-order valence-electron chi connectivity index (χ3n) is 6.28. The predicted molar refractivity (Wildman–Crippen MR) is 125 cm³/mol. The van der Waals surface area contributed by atoms with E-state index in [2.05, 4.69) is 31.2 Å². The average Bonchev–Trinajstić information content (AvgIpc) is 2.81. The number of amides is 1. The molecule has 0 aliphatic carbocycles. The molecule has 2 atom stereocenters. The van der Waals surface area contributed by atoms with Crippen molar-refractivity contribution in [3.8, 4) is 0 Å². The summed E-state index contributed by atoms with van der Waals surface area (Å²) in [6.07, 6.45) is 0.594. The third kappa shape index (κ3) is 3.50. The molecule has 5 nitrogen and oxygen atoms in total. The fourth-order valence-corrected chi connectivity index (χ4v) is 4.53. The Morgan fingerprint density at radius 1 is 0.844 bits per heavy atom. The normalized spacial score (nSPS) is 18.1. The number of carbonyl (C=O) groups excluding carboxylic acids is 1. The summed E-state index contributed by atoms with van der Waals surface area (Å²) in [6, 6.07) is 24.7. The van der Waals surface area contributed by atoms with Crippen LogP contribution in [0.15, 0.2) is 83.7 Å². The van der Waals surface area contributed by atoms with Crippen molar-refractivity contribution in [3.63, 3.8) is 0 Å². The van der Waals surface area contributed by atoms with Crippen molar-refractivity contribution in [1.82, 2.24) is 14.5 Å². The molecular weight excluding hydrogens is 398 g/mol. The largest absolute Gasteiger partial charge is 0.326 e. The zero-order chi connectivity index (χ0) is 22.2. The van der Waals surface area contributed by atoms with Crippen molar-refractivity contribution in [3.05, 3.63) is 112 Å². The summed E-state index contributed by atoms with van der Waals surface area (Å²) in [4.78, 5) is 33.8. The molecule has 0 spiro atoms. The highest BCUT2D eigenvalue weighted by Crippen LogP contribution is 2.34. The van der Waals surface area contributed by atoms with Gasteiger partial charge in [-0.15, -0.1) is 0 Å². The Labute approximate surface area is 187 Å². The van der Waals surface area contributed by atoms with E-state index in [1.165, 1.54) is 5.56 Å². The van der Waals surface area contributed by atoms with Crippen LogP contribution in [0.25, 0.3) is 10.9 Å². The van der Waals surface area contributed by atoms with Crippen LogP contribution in [-0.4, -0.2) is 20.4 Å². The monoisotopic (exact) mass is 423 g/mol. The summed E-state index contributed by atoms with van der Waals surface area (Å²) in [5, 5.41) is 0.543. The minimum absolute atomic E-state index is 0.0577. The van der Waals surface area contributed by atoms with Gasteiger partial charge in [0.2, 0.25) is 5.91 Å². The highest BCUT2D eigenvalue weighted by molar-refractivity contribution is 5.83. The maximum absolute atomic E-state index is 13.6. The Morgan fingerprint density at radius 2 is 1.53 bits per heavy atom. The van der Waals surface area contributed by atoms with Crippen LogP contribution < -0.4 is 5.56 Å². The zero-order valence-electron chi connectivity index (χ0n) is 18.2. The van der Waals surface area contributed by atoms with Gasteiger partial charge in [-0.2, -0.15) is 0 Å². The first-order valence-electron chi connectivity index (χ1n) is 10.9. The molecule has 0 saturated heterocycles. The predicted octanol–water partition coefficient (Wildman–Crippen LogP) is 4.59. The average molecular weight is 424 g/mol. The maximum Gasteiger partial charge on any atom is 0.262 e. The number of aryl methyl sites for hydroxylation is 1. The van der Waals surface area contributed by atoms with Crippen molar-refractivity contribution in [1.29, 1.82) is 0 Å². The van der Waals surface area contributed by atoms with E-state index in [9.17, 15) is 9.59 Å². The second-order valence-electron chi connectivity index (χ2n) is 8.50. The van der Waals surface area contributed by atoms with Crippen LogP contribution in [0.2, 0.25) is 0 Å². The quantitative estimate of drug-likeness (QED) is 0.482. The summed E-state index contributed by atoms with van der Waals surface area (Å²) in [5.74, 6) is 0.593. The second-order valence-corrected chi connectivity index (χ2v) is 8.50. The molecule has 1 aliphatic heterocycles. The minimum Gasteiger partial charge on any atom is -0.326 e. The van der Waals surface area contributed by atoms with Crippen molar-refractivity contribution in [2.24, 2.45) is 0 Å². The first-order chi connectivity index (χ1) is 15.5. The summed E-state index contributed by atoms with van der Waals surface area (Å²) >= 11 is 0. The van der Waals surface area contributed by atoms with Gasteiger partial charge in [0.15, 0.2) is 0 Å². The van der Waals surface area contributed by atoms with Crippen LogP contribution in [0.4, 0.5) is 0 Å². The Bertz CT molecular complexity index is 1340. The van der Waals surface area contributed by atoms with E-state index in [4.69, 9.17) is 4.98 Å². The number of aromatic nitrogens is 2. The number of carbonyl (C=O) groups is 1. The Kier molecular flexibility index (Phi) is 5.10. The smallest absolute Gasteiger partial charge is 0.262 e. The van der Waals surface area contributed by atoms with Gasteiger partial charge in [0.1, 0.15) is 11.9 Å². The number of benzene rings is 3. The lowest BCUT2D eigenvalue weighted by Gasteiger charge is -2.40. The standard InChI is InChI=1S/C27H25N3O2/c1-18-12-14-20(15-13-18)16-24-25-28-23-11-7-6-10-22(23)27(32)30(25)19(2)26(31)29(24)17-21-8-4-3-5-9-21/h3-15,19,24H,16-17H2,1-2H3/t19-,24+/m0/s1. The molecule has 4 aromatic rings. The maximum atomic E-state index is 13.6. The molecule has 0 radical (unpaired) electrons. The van der Waals surface area contributed by atoms with E-state index in [1.807, 2.05) is 53.4 Å². The molecule has 32 heavy (non-hydrogen) atoms. The van der Waals surface area contributed by atoms with Crippen molar-refractivity contribution in [2.75, 3.05) is 0 Å². The summed E-state index contributed by atoms with van der Waals surface area (Å²) in [7, 11) is 0. The number of fused-ring (bicyclic) bond motifs is 2. The highest BCUT2D eigenvalue weighted by atomic mass is 16.2. The molecule has 0 saturated carbocycles. The van der Waals surface area contributed by atoms with E-state index in [0.717, 1.165) is 11.1 Å². The van der Waals surface area contributed by atoms with Gasteiger partial charge in [0.25, 0.3) is 5.56 Å². The number of para-hydroxylation sites is 1. The third-order valence-corrected chi connectivity index (χ3v) is 6.28. The van der Waals surface area contributed by atoms with E-state index in [-0.39, 0.29) is 17.5 Å². The number of rotatable bonds is 4. The number of hydrogen-bond acceptors (Lipinski definition) is 3. The molecule has 0 bridgehead atoms. The van der Waals surface area contributed by atoms with Crippen LogP contribution in [0.5, 0.6) is 0 Å². The molecule has 3 aromatic carbocycles. The molecule has 160 valence electrons. The molecule has 5 rings (SSSR count). The first-order valence-corrected chi connectivity index (χ1v) is 10.9. The van der Waals surface area contributed by atoms with Crippen molar-refractivity contribution < 1.29 is 4.79 Å². The fraction of sp³-hybridized carbons (Fsp3) is 0.222. The van der Waals surface area contributed by atoms with E-state index >= 15 is 0 Å². The van der Waals surface area contributed by atoms with Crippen LogP contribution in [-0.2, 0) is 17.8 Å². The van der Waals surface area contributed by atoms with Crippen molar-refractivity contribution >= 4 is 16.8 Å². The minimum atomic E-state index is -0.604. The van der Waals surface area contributed by atoms with Crippen molar-refractivity contribution in [2.45, 2.75) is 38.9 Å². The molecule has 0 unspecified atom stereocenters. The molecule has 1 amide bonds. The van der Waals surface area contributed by atoms with Gasteiger partial charge in [-0.1, -0.05) is 72.3 Å². The van der Waals surface area contributed by atoms with Gasteiger partial charge >= 0.3 is 0 Å². The van der Waals surface area contributed by atoms with Gasteiger partial charge in [-0.05, 0) is 37.1 Å². The molecule has 2 heterocycles. The lowest BCUT2D eigenvalue weighted by molar-refractivity contribution is -0.140. The lowest BCUT2D eigenvalue weighted by atomic mass is 9.97. The van der Waals surface area contributed by atoms with E-state index in [1.54, 1.807) is 17.6 Å². The zero-order valence-corrected chi connectivity index (χ0v) is 18.2. The Hall–Kier alpha value is -3.73. The molecule has 1 aromatic heterocycles. The summed E-state index contributed by atoms with van der Waals surface area (Å²) in [6.45, 7) is 4.33. The van der Waals surface area contributed by atoms with E-state index < -0.39 is 6.04 Å². The van der Waals surface area contributed by atoms with Gasteiger partial charge < -0.3 is 4.90 Å². The molecular formula is C27H25N3O2. The van der Waals surface area contributed by atoms with Crippen LogP contribution in [0.3, 0.4) is 0 Å². The molecule has 5 heteroatoms. The van der Waals surface area contributed by atoms with Gasteiger partial charge in [-0.3, -0.25) is 14.2 Å². The van der Waals surface area contributed by atoms with Gasteiger partial charge in [0.05, 0.1) is 16.9 Å². The topological polar surface area (TPSA) is 55.2 Å². The van der Waals surface area contributed by atoms with Crippen LogP contribution >= 0.6 is 0 Å². The summed E-state index contributed by atoms with van der Waals surface area (Å²) in [5.41, 5.74) is 3.86. The van der Waals surface area contributed by atoms with Crippen LogP contribution in [0.1, 0.15) is 41.5 Å². The molecule has 0 fully saturated rings. The van der Waals surface area contributed by atoms with Gasteiger partial charge in [-0.25, -0.2) is 4.98 Å². The SMILES string of the molecule is Cc1ccc(C[C@@H]2c3nc4ccccc4c(=O)n3[C@@H](C)C(=O)N2Cc2ccccc2)cc1. The fourth-order valence-electron chi connectivity index (χ4n) is 4.53. The van der Waals surface area contributed by atoms with Gasteiger partial charge in [0, 0.05) is 13.0 Å². The molecule has 0 N–H and O–H groups in total. The number of nitrogens with zero attached hydrogens (tertiary/aromatic N) is 3.